The molecular formula is C57H73NO6S4. The summed E-state index contributed by atoms with van der Waals surface area (Å²) in [6.45, 7) is 15.4. The minimum absolute atomic E-state index is 0.117. The number of anilines is 1. The van der Waals surface area contributed by atoms with E-state index in [0.29, 0.717) is 12.0 Å². The Morgan fingerprint density at radius 2 is 1.13 bits per heavy atom. The number of aryl methyl sites for hydroxylation is 5. The quantitative estimate of drug-likeness (QED) is 0.0575. The van der Waals surface area contributed by atoms with Gasteiger partial charge in [-0.05, 0) is 161 Å². The second-order valence-corrected chi connectivity index (χ2v) is 18.6. The fraction of sp³-hybridized carbons (Fsp3) is 0.333. The van der Waals surface area contributed by atoms with E-state index in [-0.39, 0.29) is 11.9 Å². The van der Waals surface area contributed by atoms with Gasteiger partial charge in [0.1, 0.15) is 17.2 Å². The summed E-state index contributed by atoms with van der Waals surface area (Å²) in [7, 11) is 2.93. The third kappa shape index (κ3) is 21.6. The van der Waals surface area contributed by atoms with Crippen LogP contribution in [0.4, 0.5) is 5.69 Å². The zero-order valence-electron chi connectivity index (χ0n) is 42.4. The second-order valence-electron chi connectivity index (χ2n) is 15.2. The van der Waals surface area contributed by atoms with Gasteiger partial charge in [-0.25, -0.2) is 4.79 Å². The molecule has 0 aromatic heterocycles. The van der Waals surface area contributed by atoms with Crippen LogP contribution in [-0.2, 0) is 16.0 Å². The van der Waals surface area contributed by atoms with Gasteiger partial charge in [0.25, 0.3) is 5.91 Å². The average molecular weight is 996 g/mol. The molecule has 0 saturated carbocycles. The highest BCUT2D eigenvalue weighted by molar-refractivity contribution is 7.99. The molecule has 0 aliphatic rings. The van der Waals surface area contributed by atoms with Gasteiger partial charge < -0.3 is 24.3 Å². The molecule has 6 rings (SSSR count). The van der Waals surface area contributed by atoms with Crippen molar-refractivity contribution >= 4 is 64.6 Å². The summed E-state index contributed by atoms with van der Waals surface area (Å²) in [6, 6.07) is 43.8. The highest BCUT2D eigenvalue weighted by atomic mass is 32.2. The maximum atomic E-state index is 12.5. The van der Waals surface area contributed by atoms with Gasteiger partial charge in [0.15, 0.2) is 6.10 Å². The Morgan fingerprint density at radius 3 is 1.60 bits per heavy atom. The summed E-state index contributed by atoms with van der Waals surface area (Å²) in [5.74, 6) is 2.07. The van der Waals surface area contributed by atoms with Crippen molar-refractivity contribution < 1.29 is 28.5 Å². The Morgan fingerprint density at radius 1 is 0.588 bits per heavy atom. The summed E-state index contributed by atoms with van der Waals surface area (Å²) in [5, 5.41) is 2.98. The van der Waals surface area contributed by atoms with Crippen LogP contribution in [0.3, 0.4) is 0 Å². The van der Waals surface area contributed by atoms with Crippen molar-refractivity contribution in [3.05, 3.63) is 167 Å². The summed E-state index contributed by atoms with van der Waals surface area (Å²) in [4.78, 5) is 28.5. The normalized spacial score (nSPS) is 10.4. The van der Waals surface area contributed by atoms with E-state index < -0.39 is 6.10 Å². The number of hydrogen-bond donors (Lipinski definition) is 1. The fourth-order valence-corrected chi connectivity index (χ4v) is 8.52. The van der Waals surface area contributed by atoms with Crippen LogP contribution in [0.2, 0.25) is 0 Å². The second kappa shape index (κ2) is 34.4. The number of rotatable bonds is 16. The van der Waals surface area contributed by atoms with Gasteiger partial charge in [-0.3, -0.25) is 4.79 Å². The van der Waals surface area contributed by atoms with E-state index in [4.69, 9.17) is 14.2 Å². The number of carbonyl (C=O) groups is 2. The largest absolute Gasteiger partial charge is 0.497 e. The number of methoxy groups -OCH3 is 2. The van der Waals surface area contributed by atoms with Crippen molar-refractivity contribution in [2.75, 3.05) is 51.2 Å². The Balaban J connectivity index is 0.000000307. The molecule has 68 heavy (non-hydrogen) atoms. The lowest BCUT2D eigenvalue weighted by atomic mass is 10.1. The monoisotopic (exact) mass is 995 g/mol. The third-order valence-electron chi connectivity index (χ3n) is 10.2. The number of amides is 1. The molecule has 1 atom stereocenters. The molecule has 0 heterocycles. The van der Waals surface area contributed by atoms with Crippen molar-refractivity contribution in [2.24, 2.45) is 0 Å². The number of esters is 1. The van der Waals surface area contributed by atoms with Crippen molar-refractivity contribution in [3.63, 3.8) is 0 Å². The number of ether oxygens (including phenoxy) is 4. The van der Waals surface area contributed by atoms with Crippen LogP contribution in [0.5, 0.6) is 17.2 Å². The number of carbonyl (C=O) groups excluding carboxylic acids is 2. The van der Waals surface area contributed by atoms with Crippen LogP contribution in [-0.4, -0.2) is 63.8 Å². The molecule has 7 nitrogen and oxygen atoms in total. The molecule has 6 aromatic rings. The number of thioether (sulfide) groups is 4. The van der Waals surface area contributed by atoms with Gasteiger partial charge >= 0.3 is 5.97 Å². The maximum Gasteiger partial charge on any atom is 0.337 e. The van der Waals surface area contributed by atoms with E-state index in [1.807, 2.05) is 63.4 Å². The molecule has 0 fully saturated rings. The smallest absolute Gasteiger partial charge is 0.337 e. The molecule has 0 spiro atoms. The van der Waals surface area contributed by atoms with Crippen LogP contribution in [0, 0.1) is 27.7 Å². The average Bonchev–Trinajstić information content (AvgIpc) is 3.37. The van der Waals surface area contributed by atoms with Crippen molar-refractivity contribution in [1.82, 2.24) is 0 Å². The van der Waals surface area contributed by atoms with Gasteiger partial charge in [-0.15, -0.1) is 47.0 Å². The zero-order chi connectivity index (χ0) is 50.3. The first-order valence-corrected chi connectivity index (χ1v) is 27.6. The fourth-order valence-electron chi connectivity index (χ4n) is 6.16. The molecule has 0 radical (unpaired) electrons. The van der Waals surface area contributed by atoms with Gasteiger partial charge in [0.2, 0.25) is 0 Å². The minimum atomic E-state index is -0.508. The molecule has 6 aromatic carbocycles. The minimum Gasteiger partial charge on any atom is -0.497 e. The van der Waals surface area contributed by atoms with Crippen molar-refractivity contribution in [1.29, 1.82) is 0 Å². The number of nitrogens with one attached hydrogen (secondary N) is 1. The van der Waals surface area contributed by atoms with Crippen LogP contribution in [0.15, 0.2) is 153 Å². The molecule has 11 heteroatoms. The summed E-state index contributed by atoms with van der Waals surface area (Å²) in [6.07, 6.45) is 11.8. The van der Waals surface area contributed by atoms with E-state index in [2.05, 4.69) is 129 Å². The number of benzene rings is 6. The Kier molecular flexibility index (Phi) is 29.9. The van der Waals surface area contributed by atoms with E-state index in [1.54, 1.807) is 78.4 Å². The number of unbranched alkanes of at least 4 members (excludes halogenated alkanes) is 1. The predicted molar refractivity (Wildman–Crippen MR) is 296 cm³/mol. The number of para-hydroxylation sites is 1. The van der Waals surface area contributed by atoms with Crippen LogP contribution in [0.1, 0.15) is 78.2 Å². The van der Waals surface area contributed by atoms with E-state index in [9.17, 15) is 9.59 Å². The van der Waals surface area contributed by atoms with E-state index in [0.717, 1.165) is 52.8 Å². The number of hydrogen-bond acceptors (Lipinski definition) is 10. The summed E-state index contributed by atoms with van der Waals surface area (Å²) in [5.41, 5.74) is 7.69. The first-order chi connectivity index (χ1) is 32.8. The molecular weight excluding hydrogens is 923 g/mol. The van der Waals surface area contributed by atoms with Crippen LogP contribution >= 0.6 is 47.0 Å². The molecule has 0 saturated heterocycles. The standard InChI is InChI=1S/C19H23NO2S.C13H20OS.C9H10O3.2C8H10S/c1-5-16(22-17-11-10-13(2)12-14(17)3)19(21)20-15-8-6-7-9-18(15)23-4;1-4-6-9-14-12-8-7-11(5-2)10-13(12)15-3;1-11-8-5-3-7(4-6-8)9(10)12-2;2*1-7-5-3-4-6-8(7)9-2/h6-12,16H,5H2,1-4H3,(H,20,21);7-8,10H,4-6,9H2,1-3H3;3-6H,1-2H3;2*3-6H,1-2H3. The van der Waals surface area contributed by atoms with Gasteiger partial charge in [-0.2, -0.15) is 0 Å². The van der Waals surface area contributed by atoms with Gasteiger partial charge in [0, 0.05) is 19.6 Å². The maximum absolute atomic E-state index is 12.5. The lowest BCUT2D eigenvalue weighted by molar-refractivity contribution is -0.122. The molecule has 0 aliphatic carbocycles. The van der Waals surface area contributed by atoms with Crippen molar-refractivity contribution in [2.45, 2.75) is 99.8 Å². The SMILES string of the molecule is CCC(Oc1ccc(C)cc1C)C(=O)Nc1ccccc1SC.CCCCOc1ccc(CC)cc1SC.COC(=O)c1ccc(OC)cc1.CSc1ccccc1C.CSc1ccccc1C. The molecule has 0 bridgehead atoms. The predicted octanol–water partition coefficient (Wildman–Crippen LogP) is 15.9. The Hall–Kier alpha value is -4.94. The molecule has 1 N–H and O–H groups in total. The van der Waals surface area contributed by atoms with Crippen molar-refractivity contribution in [3.8, 4) is 17.2 Å². The Bertz CT molecular complexity index is 2330. The third-order valence-corrected chi connectivity index (χ3v) is 13.5. The van der Waals surface area contributed by atoms with E-state index >= 15 is 0 Å². The highest BCUT2D eigenvalue weighted by Crippen LogP contribution is 2.30. The van der Waals surface area contributed by atoms with Crippen LogP contribution < -0.4 is 19.5 Å². The first kappa shape index (κ1) is 59.2. The lowest BCUT2D eigenvalue weighted by Crippen LogP contribution is -2.32. The van der Waals surface area contributed by atoms with Gasteiger partial charge in [0.05, 0.1) is 32.1 Å². The topological polar surface area (TPSA) is 83.1 Å². The van der Waals surface area contributed by atoms with E-state index in [1.165, 1.54) is 50.5 Å². The van der Waals surface area contributed by atoms with Crippen LogP contribution in [0.25, 0.3) is 0 Å². The Labute approximate surface area is 425 Å². The molecule has 366 valence electrons. The zero-order valence-corrected chi connectivity index (χ0v) is 45.7. The van der Waals surface area contributed by atoms with Gasteiger partial charge in [-0.1, -0.05) is 99.5 Å². The lowest BCUT2D eigenvalue weighted by Gasteiger charge is -2.19. The summed E-state index contributed by atoms with van der Waals surface area (Å²) < 4.78 is 21.1. The highest BCUT2D eigenvalue weighted by Gasteiger charge is 2.20. The molecule has 0 aliphatic heterocycles. The molecule has 1 unspecified atom stereocenters. The molecule has 1 amide bonds. The first-order valence-electron chi connectivity index (χ1n) is 22.7. The summed E-state index contributed by atoms with van der Waals surface area (Å²) >= 11 is 6.96.